The Labute approximate surface area is 244 Å². The lowest BCUT2D eigenvalue weighted by Gasteiger charge is -2.17. The van der Waals surface area contributed by atoms with Gasteiger partial charge in [0.1, 0.15) is 11.3 Å². The number of nitrogens with one attached hydrogen (secondary N) is 1. The molecule has 5 heterocycles. The minimum absolute atomic E-state index is 0.454. The highest BCUT2D eigenvalue weighted by atomic mass is 15.2. The van der Waals surface area contributed by atoms with Gasteiger partial charge in [0, 0.05) is 31.5 Å². The zero-order valence-corrected chi connectivity index (χ0v) is 24.8. The van der Waals surface area contributed by atoms with Gasteiger partial charge in [0.25, 0.3) is 0 Å². The summed E-state index contributed by atoms with van der Waals surface area (Å²) in [5.41, 5.74) is 13.1. The minimum atomic E-state index is 0.454. The van der Waals surface area contributed by atoms with Crippen LogP contribution in [0.4, 0.5) is 5.82 Å². The molecular weight excluding hydrogens is 506 g/mol. The molecule has 2 aliphatic rings. The van der Waals surface area contributed by atoms with Gasteiger partial charge in [-0.25, -0.2) is 15.0 Å². The summed E-state index contributed by atoms with van der Waals surface area (Å²) < 4.78 is 2.11. The number of hydrogen-bond acceptors (Lipinski definition) is 6. The van der Waals surface area contributed by atoms with E-state index < -0.39 is 0 Å². The van der Waals surface area contributed by atoms with Gasteiger partial charge in [-0.1, -0.05) is 57.6 Å². The molecule has 0 aliphatic carbocycles. The number of nitrogens with zero attached hydrogens (tertiary/aromatic N) is 5. The Morgan fingerprint density at radius 3 is 2.39 bits per heavy atom. The summed E-state index contributed by atoms with van der Waals surface area (Å²) in [5, 5.41) is 3.53. The van der Waals surface area contributed by atoms with E-state index >= 15 is 0 Å². The van der Waals surface area contributed by atoms with E-state index in [0.717, 1.165) is 77.4 Å². The van der Waals surface area contributed by atoms with Gasteiger partial charge in [-0.2, -0.15) is 0 Å². The zero-order chi connectivity index (χ0) is 28.8. The molecule has 0 spiro atoms. The van der Waals surface area contributed by atoms with Crippen molar-refractivity contribution in [1.82, 2.24) is 29.7 Å². The van der Waals surface area contributed by atoms with Gasteiger partial charge in [0.15, 0.2) is 11.5 Å². The van der Waals surface area contributed by atoms with E-state index in [1.165, 1.54) is 25.1 Å². The minimum Gasteiger partial charge on any atom is -0.383 e. The summed E-state index contributed by atoms with van der Waals surface area (Å²) in [7, 11) is 0. The quantitative estimate of drug-likeness (QED) is 0.256. The van der Waals surface area contributed by atoms with Crippen LogP contribution in [0.5, 0.6) is 0 Å². The number of rotatable bonds is 7. The molecule has 4 aromatic rings. The second kappa shape index (κ2) is 13.2. The summed E-state index contributed by atoms with van der Waals surface area (Å²) in [6.07, 6.45) is 10.3. The Bertz CT molecular complexity index is 1500. The average molecular weight is 550 g/mol. The first-order chi connectivity index (χ1) is 20.1. The van der Waals surface area contributed by atoms with Crippen LogP contribution in [-0.2, 0) is 6.54 Å². The van der Waals surface area contributed by atoms with Crippen LogP contribution in [-0.4, -0.2) is 50.6 Å². The summed E-state index contributed by atoms with van der Waals surface area (Å²) >= 11 is 0. The molecule has 41 heavy (non-hydrogen) atoms. The van der Waals surface area contributed by atoms with E-state index in [1.54, 1.807) is 6.20 Å². The number of benzene rings is 1. The summed E-state index contributed by atoms with van der Waals surface area (Å²) in [6.45, 7) is 14.1. The Hall–Kier alpha value is -3.81. The van der Waals surface area contributed by atoms with E-state index in [9.17, 15) is 0 Å². The van der Waals surface area contributed by atoms with Crippen molar-refractivity contribution in [2.45, 2.75) is 47.1 Å². The second-order valence-corrected chi connectivity index (χ2v) is 11.0. The molecule has 0 saturated carbocycles. The summed E-state index contributed by atoms with van der Waals surface area (Å²) in [6, 6.07) is 16.8. The van der Waals surface area contributed by atoms with E-state index in [2.05, 4.69) is 83.0 Å². The van der Waals surface area contributed by atoms with Crippen LogP contribution in [0.15, 0.2) is 73.0 Å². The molecule has 0 amide bonds. The van der Waals surface area contributed by atoms with Crippen molar-refractivity contribution in [2.75, 3.05) is 31.9 Å². The number of allylic oxidation sites excluding steroid dienone is 4. The van der Waals surface area contributed by atoms with Crippen LogP contribution in [0.3, 0.4) is 0 Å². The second-order valence-electron chi connectivity index (χ2n) is 11.0. The first kappa shape index (κ1) is 28.7. The third-order valence-corrected chi connectivity index (χ3v) is 7.79. The maximum absolute atomic E-state index is 6.32. The highest BCUT2D eigenvalue weighted by Gasteiger charge is 2.35. The molecule has 2 atom stereocenters. The number of anilines is 1. The number of aromatic nitrogens is 4. The van der Waals surface area contributed by atoms with Crippen molar-refractivity contribution < 1.29 is 0 Å². The fourth-order valence-electron chi connectivity index (χ4n) is 5.81. The van der Waals surface area contributed by atoms with Gasteiger partial charge in [0.05, 0.1) is 11.3 Å². The zero-order valence-electron chi connectivity index (χ0n) is 24.8. The summed E-state index contributed by atoms with van der Waals surface area (Å²) in [4.78, 5) is 17.0. The molecule has 214 valence electrons. The van der Waals surface area contributed by atoms with E-state index in [-0.39, 0.29) is 0 Å². The Balaban J connectivity index is 0.00000108. The molecule has 0 radical (unpaired) electrons. The number of imidazole rings is 1. The molecule has 2 fully saturated rings. The van der Waals surface area contributed by atoms with Crippen LogP contribution in [0, 0.1) is 11.8 Å². The van der Waals surface area contributed by atoms with Gasteiger partial charge < -0.3 is 11.1 Å². The molecule has 3 N–H and O–H groups in total. The predicted molar refractivity (Wildman–Crippen MR) is 171 cm³/mol. The van der Waals surface area contributed by atoms with Crippen molar-refractivity contribution >= 4 is 22.6 Å². The van der Waals surface area contributed by atoms with Crippen LogP contribution in [0.1, 0.15) is 51.8 Å². The molecule has 1 aromatic carbocycles. The van der Waals surface area contributed by atoms with Crippen LogP contribution >= 0.6 is 0 Å². The first-order valence-electron chi connectivity index (χ1n) is 15.0. The molecule has 7 nitrogen and oxygen atoms in total. The number of pyridine rings is 2. The molecule has 2 saturated heterocycles. The molecule has 0 bridgehead atoms. The number of hydrogen-bond donors (Lipinski definition) is 2. The monoisotopic (exact) mass is 549 g/mol. The first-order valence-corrected chi connectivity index (χ1v) is 15.0. The van der Waals surface area contributed by atoms with Crippen LogP contribution < -0.4 is 11.1 Å². The fraction of sp³-hybridized carbons (Fsp3) is 0.382. The van der Waals surface area contributed by atoms with Crippen LogP contribution in [0.2, 0.25) is 0 Å². The molecule has 6 rings (SSSR count). The molecule has 3 aromatic heterocycles. The largest absolute Gasteiger partial charge is 0.383 e. The topological polar surface area (TPSA) is 84.9 Å². The van der Waals surface area contributed by atoms with Gasteiger partial charge >= 0.3 is 0 Å². The lowest BCUT2D eigenvalue weighted by Crippen LogP contribution is -2.25. The van der Waals surface area contributed by atoms with Crippen molar-refractivity contribution in [3.05, 3.63) is 84.2 Å². The summed E-state index contributed by atoms with van der Waals surface area (Å²) in [5.74, 6) is 2.80. The van der Waals surface area contributed by atoms with Gasteiger partial charge in [-0.3, -0.25) is 9.47 Å². The maximum Gasteiger partial charge on any atom is 0.165 e. The number of nitrogens with two attached hydrogens (primary N) is 1. The molecule has 2 aliphatic heterocycles. The Kier molecular flexibility index (Phi) is 9.27. The van der Waals surface area contributed by atoms with Crippen molar-refractivity contribution in [2.24, 2.45) is 11.8 Å². The number of likely N-dealkylation sites (tertiary alicyclic amines) is 1. The normalized spacial score (nSPS) is 19.1. The number of fused-ring (bicyclic) bond motifs is 2. The third-order valence-electron chi connectivity index (χ3n) is 7.79. The highest BCUT2D eigenvalue weighted by molar-refractivity contribution is 5.85. The average Bonchev–Trinajstić information content (AvgIpc) is 3.68. The lowest BCUT2D eigenvalue weighted by molar-refractivity contribution is 0.305. The van der Waals surface area contributed by atoms with Crippen molar-refractivity contribution in [1.29, 1.82) is 0 Å². The lowest BCUT2D eigenvalue weighted by atomic mass is 10.0. The predicted octanol–water partition coefficient (Wildman–Crippen LogP) is 6.50. The maximum atomic E-state index is 6.32. The Morgan fingerprint density at radius 2 is 1.73 bits per heavy atom. The van der Waals surface area contributed by atoms with Crippen molar-refractivity contribution in [3.63, 3.8) is 0 Å². The van der Waals surface area contributed by atoms with Crippen molar-refractivity contribution in [3.8, 4) is 17.1 Å². The standard InChI is InChI=1S/C31H35N7.C3H8/c1-3-5-7-22(4-2)27-13-14-28-31(35-27)38(30(36-28)26-8-6-15-34-29(26)32)25-11-9-21(10-12-25)18-37-19-23-16-33-17-24(23)20-37;1-3-2/h4-15,23-24,33H,3,16-20H2,1-2H3,(H2,32,34);3H2,1-2H3/b7-5-,22-4+;. The molecule has 7 heteroatoms. The number of nitrogen functional groups attached to an aromatic ring is 1. The van der Waals surface area contributed by atoms with Crippen LogP contribution in [0.25, 0.3) is 33.8 Å². The van der Waals surface area contributed by atoms with E-state index in [0.29, 0.717) is 5.82 Å². The fourth-order valence-corrected chi connectivity index (χ4v) is 5.81. The SMILES string of the molecule is C/C=C(\C=C/CC)c1ccc2nc(-c3cccnc3N)n(-c3ccc(CN4CC5CNCC5C4)cc3)c2n1.CCC. The third kappa shape index (κ3) is 6.26. The molecular formula is C34H43N7. The van der Waals surface area contributed by atoms with E-state index in [4.69, 9.17) is 15.7 Å². The van der Waals surface area contributed by atoms with Gasteiger partial charge in [-0.15, -0.1) is 0 Å². The smallest absolute Gasteiger partial charge is 0.165 e. The highest BCUT2D eigenvalue weighted by Crippen LogP contribution is 2.32. The molecule has 2 unspecified atom stereocenters. The van der Waals surface area contributed by atoms with Gasteiger partial charge in [0.2, 0.25) is 0 Å². The Morgan fingerprint density at radius 1 is 1.00 bits per heavy atom. The van der Waals surface area contributed by atoms with E-state index in [1.807, 2.05) is 31.2 Å². The van der Waals surface area contributed by atoms with Gasteiger partial charge in [-0.05, 0) is 85.8 Å².